The van der Waals surface area contributed by atoms with Crippen LogP contribution < -0.4 is 0 Å². The lowest BCUT2D eigenvalue weighted by Gasteiger charge is -2.18. The van der Waals surface area contributed by atoms with Crippen molar-refractivity contribution in [3.05, 3.63) is 170 Å². The van der Waals surface area contributed by atoms with Crippen LogP contribution in [0.4, 0.5) is 0 Å². The monoisotopic (exact) mass is 668 g/mol. The Bertz CT molecular complexity index is 3080. The van der Waals surface area contributed by atoms with E-state index in [0.717, 1.165) is 0 Å². The number of thiophene rings is 2. The molecule has 0 aliphatic heterocycles. The van der Waals surface area contributed by atoms with E-state index in [0.29, 0.717) is 0 Å². The molecule has 0 aliphatic rings. The molecule has 0 spiro atoms. The molecule has 2 heterocycles. The first-order valence-corrected chi connectivity index (χ1v) is 18.7. The highest BCUT2D eigenvalue weighted by Gasteiger charge is 2.17. The molecule has 0 N–H and O–H groups in total. The van der Waals surface area contributed by atoms with Crippen LogP contribution in [0.2, 0.25) is 0 Å². The molecule has 0 saturated carbocycles. The summed E-state index contributed by atoms with van der Waals surface area (Å²) in [5.41, 5.74) is 7.57. The van der Waals surface area contributed by atoms with Gasteiger partial charge in [-0.05, 0) is 96.0 Å². The van der Waals surface area contributed by atoms with Crippen molar-refractivity contribution in [1.82, 2.24) is 0 Å². The first-order chi connectivity index (χ1) is 24.8. The standard InChI is InChI=1S/C48H28S2/c1-2-10-32-25-34(22-19-29(32)9-1)48-39-14-5-3-12-37(39)47(38-13-4-6-15-40(38)48)31-20-17-30(18-21-31)33-23-24-36-42-27-41-35-11-7-8-16-43(35)49-45(41)28-46(42)50-44(36)26-33/h1-28H. The third-order valence-electron chi connectivity index (χ3n) is 10.4. The third kappa shape index (κ3) is 4.23. The van der Waals surface area contributed by atoms with Crippen molar-refractivity contribution in [2.75, 3.05) is 0 Å². The van der Waals surface area contributed by atoms with E-state index in [2.05, 4.69) is 170 Å². The topological polar surface area (TPSA) is 0 Å². The second-order valence-electron chi connectivity index (χ2n) is 13.2. The van der Waals surface area contributed by atoms with E-state index < -0.39 is 0 Å². The van der Waals surface area contributed by atoms with E-state index in [9.17, 15) is 0 Å². The van der Waals surface area contributed by atoms with Gasteiger partial charge >= 0.3 is 0 Å². The molecule has 11 aromatic rings. The zero-order valence-electron chi connectivity index (χ0n) is 27.0. The van der Waals surface area contributed by atoms with Crippen molar-refractivity contribution in [2.45, 2.75) is 0 Å². The molecule has 0 bridgehead atoms. The highest BCUT2D eigenvalue weighted by molar-refractivity contribution is 7.28. The molecule has 232 valence electrons. The lowest BCUT2D eigenvalue weighted by Crippen LogP contribution is -1.91. The van der Waals surface area contributed by atoms with Crippen LogP contribution in [0.3, 0.4) is 0 Å². The molecule has 0 fully saturated rings. The molecule has 9 aromatic carbocycles. The zero-order valence-corrected chi connectivity index (χ0v) is 28.6. The van der Waals surface area contributed by atoms with Crippen LogP contribution in [0.5, 0.6) is 0 Å². The van der Waals surface area contributed by atoms with Crippen LogP contribution in [0, 0.1) is 0 Å². The van der Waals surface area contributed by atoms with Gasteiger partial charge in [0.15, 0.2) is 0 Å². The predicted octanol–water partition coefficient (Wildman–Crippen LogP) is 14.9. The SMILES string of the molecule is c1ccc2cc(-c3c4ccccc4c(-c4ccc(-c5ccc6c(c5)sc5cc7sc8ccccc8c7cc56)cc4)c4ccccc34)ccc2c1. The molecule has 11 rings (SSSR count). The lowest BCUT2D eigenvalue weighted by atomic mass is 9.85. The van der Waals surface area contributed by atoms with Gasteiger partial charge in [0, 0.05) is 40.3 Å². The second kappa shape index (κ2) is 10.9. The Morgan fingerprint density at radius 1 is 0.240 bits per heavy atom. The fraction of sp³-hybridized carbons (Fsp3) is 0. The summed E-state index contributed by atoms with van der Waals surface area (Å²) in [5.74, 6) is 0. The van der Waals surface area contributed by atoms with Crippen LogP contribution in [0.1, 0.15) is 0 Å². The van der Waals surface area contributed by atoms with Gasteiger partial charge in [-0.15, -0.1) is 22.7 Å². The van der Waals surface area contributed by atoms with Gasteiger partial charge < -0.3 is 0 Å². The molecule has 0 saturated heterocycles. The second-order valence-corrected chi connectivity index (χ2v) is 15.4. The summed E-state index contributed by atoms with van der Waals surface area (Å²) < 4.78 is 5.42. The van der Waals surface area contributed by atoms with Crippen molar-refractivity contribution < 1.29 is 0 Å². The molecule has 0 nitrogen and oxygen atoms in total. The van der Waals surface area contributed by atoms with Gasteiger partial charge in [-0.3, -0.25) is 0 Å². The number of fused-ring (bicyclic) bond motifs is 9. The summed E-state index contributed by atoms with van der Waals surface area (Å²) in [6.45, 7) is 0. The zero-order chi connectivity index (χ0) is 32.8. The maximum Gasteiger partial charge on any atom is 0.0369 e. The summed E-state index contributed by atoms with van der Waals surface area (Å²) in [6.07, 6.45) is 0. The van der Waals surface area contributed by atoms with Crippen LogP contribution >= 0.6 is 22.7 Å². The summed E-state index contributed by atoms with van der Waals surface area (Å²) in [5, 5.41) is 13.1. The lowest BCUT2D eigenvalue weighted by molar-refractivity contribution is 1.63. The normalized spacial score (nSPS) is 12.0. The minimum absolute atomic E-state index is 1.24. The van der Waals surface area contributed by atoms with Gasteiger partial charge in [0.2, 0.25) is 0 Å². The van der Waals surface area contributed by atoms with Gasteiger partial charge in [-0.25, -0.2) is 0 Å². The molecule has 0 atom stereocenters. The van der Waals surface area contributed by atoms with E-state index in [1.807, 2.05) is 22.7 Å². The Labute approximate surface area is 297 Å². The largest absolute Gasteiger partial charge is 0.135 e. The van der Waals surface area contributed by atoms with Crippen LogP contribution in [0.25, 0.3) is 106 Å². The molecule has 0 radical (unpaired) electrons. The first-order valence-electron chi connectivity index (χ1n) is 17.1. The summed E-state index contributed by atoms with van der Waals surface area (Å²) in [4.78, 5) is 0. The Kier molecular flexibility index (Phi) is 6.09. The fourth-order valence-corrected chi connectivity index (χ4v) is 10.5. The van der Waals surface area contributed by atoms with Crippen LogP contribution in [-0.2, 0) is 0 Å². The Morgan fingerprint density at radius 3 is 1.42 bits per heavy atom. The molecule has 2 heteroatoms. The highest BCUT2D eigenvalue weighted by Crippen LogP contribution is 2.45. The minimum Gasteiger partial charge on any atom is -0.135 e. The van der Waals surface area contributed by atoms with Gasteiger partial charge in [-0.2, -0.15) is 0 Å². The molecule has 0 aliphatic carbocycles. The molecule has 0 amide bonds. The van der Waals surface area contributed by atoms with Gasteiger partial charge in [0.05, 0.1) is 0 Å². The van der Waals surface area contributed by atoms with E-state index in [4.69, 9.17) is 0 Å². The number of hydrogen-bond donors (Lipinski definition) is 0. The van der Waals surface area contributed by atoms with E-state index in [1.54, 1.807) is 0 Å². The maximum atomic E-state index is 2.41. The minimum atomic E-state index is 1.24. The van der Waals surface area contributed by atoms with Crippen molar-refractivity contribution in [1.29, 1.82) is 0 Å². The highest BCUT2D eigenvalue weighted by atomic mass is 32.1. The summed E-state index contributed by atoms with van der Waals surface area (Å²) in [6, 6.07) is 63.1. The average Bonchev–Trinajstić information content (AvgIpc) is 3.72. The van der Waals surface area contributed by atoms with E-state index in [1.165, 1.54) is 106 Å². The maximum absolute atomic E-state index is 2.41. The summed E-state index contributed by atoms with van der Waals surface area (Å²) >= 11 is 3.80. The quantitative estimate of drug-likeness (QED) is 0.164. The Morgan fingerprint density at radius 2 is 0.720 bits per heavy atom. The molecular weight excluding hydrogens is 641 g/mol. The van der Waals surface area contributed by atoms with Crippen LogP contribution in [0.15, 0.2) is 170 Å². The van der Waals surface area contributed by atoms with Crippen molar-refractivity contribution in [2.24, 2.45) is 0 Å². The van der Waals surface area contributed by atoms with Crippen LogP contribution in [-0.4, -0.2) is 0 Å². The average molecular weight is 669 g/mol. The van der Waals surface area contributed by atoms with Crippen molar-refractivity contribution in [3.8, 4) is 33.4 Å². The van der Waals surface area contributed by atoms with E-state index >= 15 is 0 Å². The summed E-state index contributed by atoms with van der Waals surface area (Å²) in [7, 11) is 0. The van der Waals surface area contributed by atoms with Crippen molar-refractivity contribution in [3.63, 3.8) is 0 Å². The fourth-order valence-electron chi connectivity index (χ4n) is 8.10. The Hall–Kier alpha value is -5.80. The third-order valence-corrected chi connectivity index (χ3v) is 12.7. The van der Waals surface area contributed by atoms with Gasteiger partial charge in [0.25, 0.3) is 0 Å². The molecule has 2 aromatic heterocycles. The van der Waals surface area contributed by atoms with Gasteiger partial charge in [-0.1, -0.05) is 140 Å². The molecule has 0 unspecified atom stereocenters. The molecular formula is C48H28S2. The predicted molar refractivity (Wildman–Crippen MR) is 221 cm³/mol. The number of benzene rings is 9. The molecule has 50 heavy (non-hydrogen) atoms. The first kappa shape index (κ1) is 28.1. The smallest absolute Gasteiger partial charge is 0.0369 e. The van der Waals surface area contributed by atoms with Gasteiger partial charge in [0.1, 0.15) is 0 Å². The van der Waals surface area contributed by atoms with Crippen molar-refractivity contribution >= 4 is 95.3 Å². The Balaban J connectivity index is 1.03. The number of rotatable bonds is 3. The number of hydrogen-bond acceptors (Lipinski definition) is 2. The van der Waals surface area contributed by atoms with E-state index in [-0.39, 0.29) is 0 Å².